The Bertz CT molecular complexity index is 328. The summed E-state index contributed by atoms with van der Waals surface area (Å²) in [6.07, 6.45) is 7.95. The zero-order valence-electron chi connectivity index (χ0n) is 9.80. The quantitative estimate of drug-likeness (QED) is 0.537. The van der Waals surface area contributed by atoms with Gasteiger partial charge < -0.3 is 9.47 Å². The number of allylic oxidation sites excluding steroid dienone is 3. The molecule has 1 aromatic carbocycles. The SMILES string of the molecule is C/C=C\C=C/C(C)OCOc1ccccc1. The summed E-state index contributed by atoms with van der Waals surface area (Å²) < 4.78 is 10.9. The highest BCUT2D eigenvalue weighted by molar-refractivity contribution is 5.20. The van der Waals surface area contributed by atoms with Crippen LogP contribution in [0.5, 0.6) is 5.75 Å². The van der Waals surface area contributed by atoms with Crippen molar-refractivity contribution in [2.24, 2.45) is 0 Å². The van der Waals surface area contributed by atoms with E-state index in [1.54, 1.807) is 0 Å². The molecule has 0 radical (unpaired) electrons. The molecule has 2 heteroatoms. The van der Waals surface area contributed by atoms with Gasteiger partial charge in [-0.05, 0) is 26.0 Å². The molecule has 0 saturated heterocycles. The van der Waals surface area contributed by atoms with Gasteiger partial charge in [-0.1, -0.05) is 42.5 Å². The second kappa shape index (κ2) is 7.71. The fraction of sp³-hybridized carbons (Fsp3) is 0.286. The minimum Gasteiger partial charge on any atom is -0.468 e. The summed E-state index contributed by atoms with van der Waals surface area (Å²) in [6, 6.07) is 9.64. The summed E-state index contributed by atoms with van der Waals surface area (Å²) in [7, 11) is 0. The minimum absolute atomic E-state index is 0.0555. The van der Waals surface area contributed by atoms with E-state index in [1.807, 2.05) is 68.5 Å². The van der Waals surface area contributed by atoms with Gasteiger partial charge in [-0.25, -0.2) is 0 Å². The summed E-state index contributed by atoms with van der Waals surface area (Å²) in [6.45, 7) is 4.23. The predicted molar refractivity (Wildman–Crippen MR) is 66.4 cm³/mol. The average molecular weight is 218 g/mol. The van der Waals surface area contributed by atoms with Crippen LogP contribution in [0, 0.1) is 0 Å². The van der Waals surface area contributed by atoms with E-state index in [0.29, 0.717) is 0 Å². The average Bonchev–Trinajstić information content (AvgIpc) is 2.31. The molecule has 0 spiro atoms. The Morgan fingerprint density at radius 2 is 1.94 bits per heavy atom. The lowest BCUT2D eigenvalue weighted by Gasteiger charge is -2.10. The van der Waals surface area contributed by atoms with Gasteiger partial charge in [0.15, 0.2) is 6.79 Å². The Balaban J connectivity index is 2.20. The molecule has 0 fully saturated rings. The van der Waals surface area contributed by atoms with E-state index < -0.39 is 0 Å². The molecule has 1 unspecified atom stereocenters. The van der Waals surface area contributed by atoms with Crippen LogP contribution in [0.4, 0.5) is 0 Å². The maximum atomic E-state index is 5.45. The number of hydrogen-bond acceptors (Lipinski definition) is 2. The molecule has 0 heterocycles. The fourth-order valence-corrected chi connectivity index (χ4v) is 1.11. The Labute approximate surface area is 97.2 Å². The highest BCUT2D eigenvalue weighted by Gasteiger charge is 1.96. The molecule has 1 atom stereocenters. The first kappa shape index (κ1) is 12.5. The Hall–Kier alpha value is -1.54. The van der Waals surface area contributed by atoms with Gasteiger partial charge in [0.25, 0.3) is 0 Å². The van der Waals surface area contributed by atoms with Crippen molar-refractivity contribution in [1.29, 1.82) is 0 Å². The highest BCUT2D eigenvalue weighted by atomic mass is 16.7. The number of hydrogen-bond donors (Lipinski definition) is 0. The Morgan fingerprint density at radius 1 is 1.19 bits per heavy atom. The van der Waals surface area contributed by atoms with E-state index in [0.717, 1.165) is 5.75 Å². The van der Waals surface area contributed by atoms with Crippen LogP contribution in [0.1, 0.15) is 13.8 Å². The molecular formula is C14H18O2. The second-order valence-corrected chi connectivity index (χ2v) is 3.36. The fourth-order valence-electron chi connectivity index (χ4n) is 1.11. The lowest BCUT2D eigenvalue weighted by Crippen LogP contribution is -2.10. The van der Waals surface area contributed by atoms with Crippen molar-refractivity contribution in [3.05, 3.63) is 54.6 Å². The van der Waals surface area contributed by atoms with Crippen LogP contribution < -0.4 is 4.74 Å². The first-order valence-corrected chi connectivity index (χ1v) is 5.42. The predicted octanol–water partition coefficient (Wildman–Crippen LogP) is 3.56. The van der Waals surface area contributed by atoms with E-state index >= 15 is 0 Å². The maximum Gasteiger partial charge on any atom is 0.189 e. The van der Waals surface area contributed by atoms with Crippen LogP contribution in [-0.2, 0) is 4.74 Å². The van der Waals surface area contributed by atoms with Crippen molar-refractivity contribution in [2.45, 2.75) is 20.0 Å². The van der Waals surface area contributed by atoms with E-state index in [-0.39, 0.29) is 12.9 Å². The number of para-hydroxylation sites is 1. The van der Waals surface area contributed by atoms with E-state index in [1.165, 1.54) is 0 Å². The van der Waals surface area contributed by atoms with Gasteiger partial charge in [-0.2, -0.15) is 0 Å². The van der Waals surface area contributed by atoms with E-state index in [9.17, 15) is 0 Å². The zero-order chi connectivity index (χ0) is 11.6. The van der Waals surface area contributed by atoms with Crippen LogP contribution in [-0.4, -0.2) is 12.9 Å². The van der Waals surface area contributed by atoms with Crippen molar-refractivity contribution in [3.63, 3.8) is 0 Å². The van der Waals surface area contributed by atoms with Gasteiger partial charge >= 0.3 is 0 Å². The van der Waals surface area contributed by atoms with Crippen molar-refractivity contribution >= 4 is 0 Å². The Morgan fingerprint density at radius 3 is 2.62 bits per heavy atom. The molecule has 2 nitrogen and oxygen atoms in total. The number of benzene rings is 1. The third kappa shape index (κ3) is 5.37. The van der Waals surface area contributed by atoms with Crippen LogP contribution in [0.25, 0.3) is 0 Å². The van der Waals surface area contributed by atoms with Crippen LogP contribution in [0.15, 0.2) is 54.6 Å². The van der Waals surface area contributed by atoms with Crippen molar-refractivity contribution < 1.29 is 9.47 Å². The maximum absolute atomic E-state index is 5.45. The van der Waals surface area contributed by atoms with Gasteiger partial charge in [0.2, 0.25) is 0 Å². The largest absolute Gasteiger partial charge is 0.468 e. The smallest absolute Gasteiger partial charge is 0.189 e. The van der Waals surface area contributed by atoms with Crippen LogP contribution in [0.3, 0.4) is 0 Å². The highest BCUT2D eigenvalue weighted by Crippen LogP contribution is 2.08. The lowest BCUT2D eigenvalue weighted by molar-refractivity contribution is -0.00838. The van der Waals surface area contributed by atoms with E-state index in [2.05, 4.69) is 0 Å². The van der Waals surface area contributed by atoms with E-state index in [4.69, 9.17) is 9.47 Å². The van der Waals surface area contributed by atoms with Gasteiger partial charge in [0.1, 0.15) is 5.75 Å². The molecule has 0 aliphatic heterocycles. The minimum atomic E-state index is 0.0555. The monoisotopic (exact) mass is 218 g/mol. The molecule has 1 aromatic rings. The molecular weight excluding hydrogens is 200 g/mol. The Kier molecular flexibility index (Phi) is 6.04. The summed E-state index contributed by atoms with van der Waals surface area (Å²) in [5.41, 5.74) is 0. The molecule has 0 aromatic heterocycles. The number of ether oxygens (including phenoxy) is 2. The normalized spacial score (nSPS) is 13.4. The van der Waals surface area contributed by atoms with Gasteiger partial charge in [-0.3, -0.25) is 0 Å². The molecule has 0 bridgehead atoms. The van der Waals surface area contributed by atoms with Gasteiger partial charge in [0, 0.05) is 0 Å². The van der Waals surface area contributed by atoms with Crippen molar-refractivity contribution in [2.75, 3.05) is 6.79 Å². The second-order valence-electron chi connectivity index (χ2n) is 3.36. The molecule has 0 N–H and O–H groups in total. The van der Waals surface area contributed by atoms with Gasteiger partial charge in [-0.15, -0.1) is 0 Å². The molecule has 0 aliphatic rings. The first-order valence-electron chi connectivity index (χ1n) is 5.42. The summed E-state index contributed by atoms with van der Waals surface area (Å²) >= 11 is 0. The van der Waals surface area contributed by atoms with Gasteiger partial charge in [0.05, 0.1) is 6.10 Å². The lowest BCUT2D eigenvalue weighted by atomic mass is 10.3. The summed E-state index contributed by atoms with van der Waals surface area (Å²) in [5.74, 6) is 0.826. The molecule has 0 aliphatic carbocycles. The number of rotatable bonds is 6. The summed E-state index contributed by atoms with van der Waals surface area (Å²) in [4.78, 5) is 0. The van der Waals surface area contributed by atoms with Crippen LogP contribution >= 0.6 is 0 Å². The van der Waals surface area contributed by atoms with Crippen LogP contribution in [0.2, 0.25) is 0 Å². The molecule has 86 valence electrons. The third-order valence-corrected chi connectivity index (χ3v) is 1.99. The topological polar surface area (TPSA) is 18.5 Å². The van der Waals surface area contributed by atoms with Crippen molar-refractivity contribution in [3.8, 4) is 5.75 Å². The summed E-state index contributed by atoms with van der Waals surface area (Å²) in [5, 5.41) is 0. The first-order chi connectivity index (χ1) is 7.83. The zero-order valence-corrected chi connectivity index (χ0v) is 9.80. The van der Waals surface area contributed by atoms with Crippen molar-refractivity contribution in [1.82, 2.24) is 0 Å². The molecule has 1 rings (SSSR count). The molecule has 0 amide bonds. The molecule has 16 heavy (non-hydrogen) atoms. The standard InChI is InChI=1S/C14H18O2/c1-3-4-6-9-13(2)15-12-16-14-10-7-5-8-11-14/h3-11,13H,12H2,1-2H3/b4-3-,9-6-. The third-order valence-electron chi connectivity index (χ3n) is 1.99. The molecule has 0 saturated carbocycles.